The summed E-state index contributed by atoms with van der Waals surface area (Å²) in [4.78, 5) is 15.1. The SMILES string of the molecule is COCC(C)N1CCC(n2nccc2NC(=O)c2ccccc2C)CC1. The molecule has 0 spiro atoms. The van der Waals surface area contributed by atoms with Crippen molar-refractivity contribution >= 4 is 11.7 Å². The molecule has 1 saturated heterocycles. The second kappa shape index (κ2) is 8.47. The fraction of sp³-hybridized carbons (Fsp3) is 0.500. The molecular formula is C20H28N4O2. The van der Waals surface area contributed by atoms with Crippen LogP contribution in [0.15, 0.2) is 36.5 Å². The molecule has 0 saturated carbocycles. The van der Waals surface area contributed by atoms with Crippen LogP contribution < -0.4 is 5.32 Å². The van der Waals surface area contributed by atoms with Crippen LogP contribution in [-0.4, -0.2) is 53.4 Å². The van der Waals surface area contributed by atoms with Gasteiger partial charge in [-0.15, -0.1) is 0 Å². The number of nitrogens with zero attached hydrogens (tertiary/aromatic N) is 3. The number of likely N-dealkylation sites (tertiary alicyclic amines) is 1. The molecule has 0 aliphatic carbocycles. The lowest BCUT2D eigenvalue weighted by atomic mass is 10.0. The number of benzene rings is 1. The molecule has 0 radical (unpaired) electrons. The Kier molecular flexibility index (Phi) is 6.06. The molecule has 2 aromatic rings. The number of anilines is 1. The molecule has 26 heavy (non-hydrogen) atoms. The molecule has 2 heterocycles. The predicted molar refractivity (Wildman–Crippen MR) is 103 cm³/mol. The summed E-state index contributed by atoms with van der Waals surface area (Å²) in [5, 5.41) is 7.50. The summed E-state index contributed by atoms with van der Waals surface area (Å²) in [6, 6.07) is 10.2. The fourth-order valence-corrected chi connectivity index (χ4v) is 3.63. The van der Waals surface area contributed by atoms with Gasteiger partial charge in [-0.25, -0.2) is 4.68 Å². The maximum atomic E-state index is 12.6. The van der Waals surface area contributed by atoms with E-state index in [2.05, 4.69) is 22.2 Å². The number of nitrogens with one attached hydrogen (secondary N) is 1. The van der Waals surface area contributed by atoms with Crippen LogP contribution in [0.5, 0.6) is 0 Å². The van der Waals surface area contributed by atoms with Gasteiger partial charge < -0.3 is 10.1 Å². The maximum Gasteiger partial charge on any atom is 0.257 e. The third kappa shape index (κ3) is 4.14. The molecule has 1 aliphatic rings. The van der Waals surface area contributed by atoms with Crippen molar-refractivity contribution in [3.8, 4) is 0 Å². The van der Waals surface area contributed by atoms with Gasteiger partial charge in [0.05, 0.1) is 18.8 Å². The highest BCUT2D eigenvalue weighted by atomic mass is 16.5. The number of carbonyl (C=O) groups is 1. The minimum Gasteiger partial charge on any atom is -0.383 e. The third-order valence-electron chi connectivity index (χ3n) is 5.18. The van der Waals surface area contributed by atoms with E-state index in [0.29, 0.717) is 17.6 Å². The Morgan fingerprint density at radius 3 is 2.73 bits per heavy atom. The van der Waals surface area contributed by atoms with E-state index in [9.17, 15) is 4.79 Å². The lowest BCUT2D eigenvalue weighted by Gasteiger charge is -2.36. The van der Waals surface area contributed by atoms with Gasteiger partial charge in [-0.3, -0.25) is 9.69 Å². The van der Waals surface area contributed by atoms with Crippen molar-refractivity contribution in [3.63, 3.8) is 0 Å². The van der Waals surface area contributed by atoms with E-state index in [-0.39, 0.29) is 5.91 Å². The number of methoxy groups -OCH3 is 1. The van der Waals surface area contributed by atoms with E-state index in [1.807, 2.05) is 41.9 Å². The first kappa shape index (κ1) is 18.6. The van der Waals surface area contributed by atoms with E-state index < -0.39 is 0 Å². The van der Waals surface area contributed by atoms with Gasteiger partial charge in [0.25, 0.3) is 5.91 Å². The first-order chi connectivity index (χ1) is 12.6. The normalized spacial score (nSPS) is 17.2. The van der Waals surface area contributed by atoms with Gasteiger partial charge in [-0.05, 0) is 38.3 Å². The number of piperidine rings is 1. The molecule has 6 heteroatoms. The molecule has 1 aromatic heterocycles. The Labute approximate surface area is 155 Å². The highest BCUT2D eigenvalue weighted by molar-refractivity contribution is 6.04. The molecule has 1 fully saturated rings. The van der Waals surface area contributed by atoms with E-state index >= 15 is 0 Å². The van der Waals surface area contributed by atoms with Crippen molar-refractivity contribution in [2.24, 2.45) is 0 Å². The van der Waals surface area contributed by atoms with Crippen LogP contribution in [-0.2, 0) is 4.74 Å². The standard InChI is InChI=1S/C20H28N4O2/c1-15-6-4-5-7-18(15)20(25)22-19-8-11-21-24(19)17-9-12-23(13-10-17)16(2)14-26-3/h4-8,11,16-17H,9-10,12-14H2,1-3H3,(H,22,25). The maximum absolute atomic E-state index is 12.6. The monoisotopic (exact) mass is 356 g/mol. The van der Waals surface area contributed by atoms with Crippen LogP contribution in [0.3, 0.4) is 0 Å². The number of ether oxygens (including phenoxy) is 1. The predicted octanol–water partition coefficient (Wildman–Crippen LogP) is 3.12. The van der Waals surface area contributed by atoms with Crippen LogP contribution in [0.4, 0.5) is 5.82 Å². The summed E-state index contributed by atoms with van der Waals surface area (Å²) >= 11 is 0. The lowest BCUT2D eigenvalue weighted by Crippen LogP contribution is -2.42. The molecule has 1 aromatic carbocycles. The number of amides is 1. The average molecular weight is 356 g/mol. The smallest absolute Gasteiger partial charge is 0.257 e. The zero-order chi connectivity index (χ0) is 18.5. The van der Waals surface area contributed by atoms with E-state index in [1.54, 1.807) is 13.3 Å². The third-order valence-corrected chi connectivity index (χ3v) is 5.18. The Balaban J connectivity index is 1.64. The highest BCUT2D eigenvalue weighted by Crippen LogP contribution is 2.26. The van der Waals surface area contributed by atoms with Crippen molar-refractivity contribution in [1.29, 1.82) is 0 Å². The Morgan fingerprint density at radius 1 is 1.31 bits per heavy atom. The van der Waals surface area contributed by atoms with Crippen molar-refractivity contribution in [2.75, 3.05) is 32.1 Å². The van der Waals surface area contributed by atoms with Crippen molar-refractivity contribution < 1.29 is 9.53 Å². The van der Waals surface area contributed by atoms with Gasteiger partial charge in [0.15, 0.2) is 0 Å². The first-order valence-electron chi connectivity index (χ1n) is 9.23. The number of carbonyl (C=O) groups excluding carboxylic acids is 1. The highest BCUT2D eigenvalue weighted by Gasteiger charge is 2.25. The van der Waals surface area contributed by atoms with Gasteiger partial charge in [0, 0.05) is 37.9 Å². The number of aryl methyl sites for hydroxylation is 1. The average Bonchev–Trinajstić information content (AvgIpc) is 3.10. The Bertz CT molecular complexity index is 735. The molecule has 6 nitrogen and oxygen atoms in total. The minimum atomic E-state index is -0.0870. The summed E-state index contributed by atoms with van der Waals surface area (Å²) in [6.07, 6.45) is 3.79. The first-order valence-corrected chi connectivity index (χ1v) is 9.23. The summed E-state index contributed by atoms with van der Waals surface area (Å²) < 4.78 is 7.23. The van der Waals surface area contributed by atoms with E-state index in [1.165, 1.54) is 0 Å². The second-order valence-electron chi connectivity index (χ2n) is 7.00. The summed E-state index contributed by atoms with van der Waals surface area (Å²) in [7, 11) is 1.75. The van der Waals surface area contributed by atoms with E-state index in [0.717, 1.165) is 43.9 Å². The fourth-order valence-electron chi connectivity index (χ4n) is 3.63. The second-order valence-corrected chi connectivity index (χ2v) is 7.00. The lowest BCUT2D eigenvalue weighted by molar-refractivity contribution is 0.0736. The largest absolute Gasteiger partial charge is 0.383 e. The van der Waals surface area contributed by atoms with Crippen LogP contribution in [0.1, 0.15) is 41.7 Å². The summed E-state index contributed by atoms with van der Waals surface area (Å²) in [5.41, 5.74) is 1.67. The van der Waals surface area contributed by atoms with Crippen LogP contribution >= 0.6 is 0 Å². The van der Waals surface area contributed by atoms with Gasteiger partial charge in [-0.1, -0.05) is 18.2 Å². The van der Waals surface area contributed by atoms with Crippen molar-refractivity contribution in [2.45, 2.75) is 38.8 Å². The number of rotatable bonds is 6. The quantitative estimate of drug-likeness (QED) is 0.864. The Morgan fingerprint density at radius 2 is 2.04 bits per heavy atom. The zero-order valence-corrected chi connectivity index (χ0v) is 15.8. The van der Waals surface area contributed by atoms with Gasteiger partial charge in [-0.2, -0.15) is 5.10 Å². The zero-order valence-electron chi connectivity index (χ0n) is 15.8. The number of hydrogen-bond donors (Lipinski definition) is 1. The molecule has 1 unspecified atom stereocenters. The molecule has 1 N–H and O–H groups in total. The van der Waals surface area contributed by atoms with Crippen molar-refractivity contribution in [3.05, 3.63) is 47.7 Å². The van der Waals surface area contributed by atoms with Gasteiger partial charge in [0.2, 0.25) is 0 Å². The molecular weight excluding hydrogens is 328 g/mol. The van der Waals surface area contributed by atoms with Crippen LogP contribution in [0, 0.1) is 6.92 Å². The molecule has 1 atom stereocenters. The van der Waals surface area contributed by atoms with Gasteiger partial charge >= 0.3 is 0 Å². The minimum absolute atomic E-state index is 0.0870. The topological polar surface area (TPSA) is 59.4 Å². The number of aromatic nitrogens is 2. The molecule has 140 valence electrons. The molecule has 1 amide bonds. The van der Waals surface area contributed by atoms with E-state index in [4.69, 9.17) is 4.74 Å². The molecule has 3 rings (SSSR count). The Hall–Kier alpha value is -2.18. The van der Waals surface area contributed by atoms with Crippen LogP contribution in [0.25, 0.3) is 0 Å². The summed E-state index contributed by atoms with van der Waals surface area (Å²) in [5.74, 6) is 0.678. The number of hydrogen-bond acceptors (Lipinski definition) is 4. The van der Waals surface area contributed by atoms with Gasteiger partial charge in [0.1, 0.15) is 5.82 Å². The van der Waals surface area contributed by atoms with Crippen LogP contribution in [0.2, 0.25) is 0 Å². The molecule has 0 bridgehead atoms. The summed E-state index contributed by atoms with van der Waals surface area (Å²) in [6.45, 7) is 6.93. The van der Waals surface area contributed by atoms with Crippen molar-refractivity contribution in [1.82, 2.24) is 14.7 Å². The molecule has 1 aliphatic heterocycles.